The van der Waals surface area contributed by atoms with Crippen LogP contribution in [0.1, 0.15) is 5.56 Å². The van der Waals surface area contributed by atoms with Crippen LogP contribution in [0.2, 0.25) is 0 Å². The van der Waals surface area contributed by atoms with E-state index in [2.05, 4.69) is 6.58 Å². The number of phenols is 1. The van der Waals surface area contributed by atoms with Crippen LogP contribution in [0.25, 0.3) is 17.2 Å². The molecule has 0 aliphatic rings. The van der Waals surface area contributed by atoms with Crippen molar-refractivity contribution in [2.45, 2.75) is 0 Å². The highest BCUT2D eigenvalue weighted by molar-refractivity contribution is 5.78. The molecule has 0 fully saturated rings. The Kier molecular flexibility index (Phi) is 3.76. The fourth-order valence-corrected chi connectivity index (χ4v) is 1.95. The summed E-state index contributed by atoms with van der Waals surface area (Å²) in [6, 6.07) is 10.8. The van der Waals surface area contributed by atoms with Gasteiger partial charge in [-0.15, -0.1) is 0 Å². The summed E-state index contributed by atoms with van der Waals surface area (Å²) in [7, 11) is 3.21. The zero-order valence-corrected chi connectivity index (χ0v) is 11.0. The third kappa shape index (κ3) is 2.55. The van der Waals surface area contributed by atoms with E-state index in [1.807, 2.05) is 24.3 Å². The van der Waals surface area contributed by atoms with Gasteiger partial charge in [-0.3, -0.25) is 0 Å². The normalized spacial score (nSPS) is 10.0. The predicted octanol–water partition coefficient (Wildman–Crippen LogP) is 3.72. The maximum absolute atomic E-state index is 9.35. The van der Waals surface area contributed by atoms with Gasteiger partial charge in [-0.2, -0.15) is 0 Å². The van der Waals surface area contributed by atoms with E-state index in [4.69, 9.17) is 9.47 Å². The summed E-state index contributed by atoms with van der Waals surface area (Å²) in [6.45, 7) is 3.82. The van der Waals surface area contributed by atoms with Crippen molar-refractivity contribution in [1.82, 2.24) is 0 Å². The molecule has 0 radical (unpaired) electrons. The maximum Gasteiger partial charge on any atom is 0.161 e. The van der Waals surface area contributed by atoms with Crippen molar-refractivity contribution >= 4 is 6.08 Å². The molecular formula is C16H16O3. The van der Waals surface area contributed by atoms with Gasteiger partial charge < -0.3 is 14.6 Å². The van der Waals surface area contributed by atoms with Gasteiger partial charge >= 0.3 is 0 Å². The monoisotopic (exact) mass is 256 g/mol. The van der Waals surface area contributed by atoms with Gasteiger partial charge in [0.05, 0.1) is 14.2 Å². The first kappa shape index (κ1) is 13.0. The first-order chi connectivity index (χ1) is 9.19. The summed E-state index contributed by atoms with van der Waals surface area (Å²) in [4.78, 5) is 0. The maximum atomic E-state index is 9.35. The van der Waals surface area contributed by atoms with Crippen LogP contribution >= 0.6 is 0 Å². The fourth-order valence-electron chi connectivity index (χ4n) is 1.95. The van der Waals surface area contributed by atoms with E-state index < -0.39 is 0 Å². The Morgan fingerprint density at radius 2 is 1.58 bits per heavy atom. The van der Waals surface area contributed by atoms with Crippen molar-refractivity contribution in [3.05, 3.63) is 48.5 Å². The van der Waals surface area contributed by atoms with Gasteiger partial charge in [-0.1, -0.05) is 24.8 Å². The highest BCUT2D eigenvalue weighted by Gasteiger charge is 2.10. The second-order valence-electron chi connectivity index (χ2n) is 4.05. The lowest BCUT2D eigenvalue weighted by Crippen LogP contribution is -1.93. The number of ether oxygens (including phenoxy) is 2. The quantitative estimate of drug-likeness (QED) is 0.906. The molecule has 19 heavy (non-hydrogen) atoms. The molecule has 3 heteroatoms. The summed E-state index contributed by atoms with van der Waals surface area (Å²) in [5, 5.41) is 9.35. The molecule has 2 aromatic rings. The molecule has 0 unspecified atom stereocenters. The molecule has 0 aliphatic heterocycles. The van der Waals surface area contributed by atoms with Crippen LogP contribution in [0.3, 0.4) is 0 Å². The minimum absolute atomic E-state index is 0.240. The Hall–Kier alpha value is -2.42. The van der Waals surface area contributed by atoms with E-state index in [-0.39, 0.29) is 5.75 Å². The number of aromatic hydroxyl groups is 1. The topological polar surface area (TPSA) is 38.7 Å². The van der Waals surface area contributed by atoms with E-state index in [1.54, 1.807) is 32.4 Å². The molecule has 0 bridgehead atoms. The highest BCUT2D eigenvalue weighted by Crippen LogP contribution is 2.36. The SMILES string of the molecule is C=Cc1cc(OC)c(OC)cc1-c1ccc(O)cc1. The van der Waals surface area contributed by atoms with Crippen LogP contribution in [0.15, 0.2) is 43.0 Å². The van der Waals surface area contributed by atoms with Gasteiger partial charge in [-0.05, 0) is 41.0 Å². The Balaban J connectivity index is 2.61. The number of hydrogen-bond donors (Lipinski definition) is 1. The van der Waals surface area contributed by atoms with Crippen LogP contribution in [0.5, 0.6) is 17.2 Å². The lowest BCUT2D eigenvalue weighted by Gasteiger charge is -2.13. The van der Waals surface area contributed by atoms with Crippen molar-refractivity contribution in [2.75, 3.05) is 14.2 Å². The molecule has 0 aliphatic carbocycles. The molecule has 0 aromatic heterocycles. The second-order valence-corrected chi connectivity index (χ2v) is 4.05. The van der Waals surface area contributed by atoms with Crippen molar-refractivity contribution in [2.24, 2.45) is 0 Å². The molecule has 1 N–H and O–H groups in total. The summed E-state index contributed by atoms with van der Waals surface area (Å²) >= 11 is 0. The smallest absolute Gasteiger partial charge is 0.161 e. The zero-order chi connectivity index (χ0) is 13.8. The Morgan fingerprint density at radius 3 is 2.11 bits per heavy atom. The van der Waals surface area contributed by atoms with Crippen molar-refractivity contribution in [3.8, 4) is 28.4 Å². The van der Waals surface area contributed by atoms with Gasteiger partial charge in [0, 0.05) is 0 Å². The van der Waals surface area contributed by atoms with E-state index >= 15 is 0 Å². The number of methoxy groups -OCH3 is 2. The number of rotatable bonds is 4. The summed E-state index contributed by atoms with van der Waals surface area (Å²) in [6.07, 6.45) is 1.77. The fraction of sp³-hybridized carbons (Fsp3) is 0.125. The molecule has 0 saturated heterocycles. The van der Waals surface area contributed by atoms with Crippen molar-refractivity contribution in [1.29, 1.82) is 0 Å². The number of phenolic OH excluding ortho intramolecular Hbond substituents is 1. The minimum atomic E-state index is 0.240. The van der Waals surface area contributed by atoms with Crippen LogP contribution in [0.4, 0.5) is 0 Å². The van der Waals surface area contributed by atoms with E-state index in [0.717, 1.165) is 16.7 Å². The van der Waals surface area contributed by atoms with Crippen LogP contribution in [0, 0.1) is 0 Å². The van der Waals surface area contributed by atoms with Crippen LogP contribution in [-0.2, 0) is 0 Å². The van der Waals surface area contributed by atoms with Gasteiger partial charge in [-0.25, -0.2) is 0 Å². The summed E-state index contributed by atoms with van der Waals surface area (Å²) in [5.74, 6) is 1.57. The van der Waals surface area contributed by atoms with Crippen LogP contribution < -0.4 is 9.47 Å². The minimum Gasteiger partial charge on any atom is -0.508 e. The molecule has 0 saturated carbocycles. The molecule has 0 spiro atoms. The first-order valence-corrected chi connectivity index (χ1v) is 5.87. The lowest BCUT2D eigenvalue weighted by atomic mass is 9.98. The zero-order valence-electron chi connectivity index (χ0n) is 11.0. The summed E-state index contributed by atoms with van der Waals surface area (Å²) in [5.41, 5.74) is 2.91. The van der Waals surface area contributed by atoms with E-state index in [0.29, 0.717) is 11.5 Å². The van der Waals surface area contributed by atoms with E-state index in [9.17, 15) is 5.11 Å². The van der Waals surface area contributed by atoms with Crippen molar-refractivity contribution < 1.29 is 14.6 Å². The molecule has 98 valence electrons. The predicted molar refractivity (Wildman–Crippen MR) is 76.7 cm³/mol. The molecule has 0 amide bonds. The molecule has 2 aromatic carbocycles. The molecule has 0 atom stereocenters. The average molecular weight is 256 g/mol. The Labute approximate surface area is 112 Å². The average Bonchev–Trinajstić information content (AvgIpc) is 2.46. The standard InChI is InChI=1S/C16H16O3/c1-4-11-9-15(18-2)16(19-3)10-14(11)12-5-7-13(17)8-6-12/h4-10,17H,1H2,2-3H3. The lowest BCUT2D eigenvalue weighted by molar-refractivity contribution is 0.355. The number of benzene rings is 2. The largest absolute Gasteiger partial charge is 0.508 e. The first-order valence-electron chi connectivity index (χ1n) is 5.87. The van der Waals surface area contributed by atoms with Gasteiger partial charge in [0.2, 0.25) is 0 Å². The third-order valence-corrected chi connectivity index (χ3v) is 2.95. The molecule has 0 heterocycles. The van der Waals surface area contributed by atoms with Gasteiger partial charge in [0.25, 0.3) is 0 Å². The molecule has 2 rings (SSSR count). The highest BCUT2D eigenvalue weighted by atomic mass is 16.5. The number of hydrogen-bond acceptors (Lipinski definition) is 3. The van der Waals surface area contributed by atoms with Crippen LogP contribution in [-0.4, -0.2) is 19.3 Å². The second kappa shape index (κ2) is 5.48. The van der Waals surface area contributed by atoms with Gasteiger partial charge in [0.15, 0.2) is 11.5 Å². The van der Waals surface area contributed by atoms with Crippen molar-refractivity contribution in [3.63, 3.8) is 0 Å². The van der Waals surface area contributed by atoms with Gasteiger partial charge in [0.1, 0.15) is 5.75 Å². The third-order valence-electron chi connectivity index (χ3n) is 2.95. The Morgan fingerprint density at radius 1 is 1.00 bits per heavy atom. The molecule has 3 nitrogen and oxygen atoms in total. The summed E-state index contributed by atoms with van der Waals surface area (Å²) < 4.78 is 10.6. The Bertz CT molecular complexity index is 586. The molecular weight excluding hydrogens is 240 g/mol. The van der Waals surface area contributed by atoms with E-state index in [1.165, 1.54) is 0 Å².